The number of nitrogens with one attached hydrogen (secondary N) is 1. The maximum atomic E-state index is 12.9. The molecule has 1 aromatic rings. The number of carbonyl (C=O) groups is 1. The summed E-state index contributed by atoms with van der Waals surface area (Å²) in [6.07, 6.45) is 4.06. The van der Waals surface area contributed by atoms with E-state index in [0.717, 1.165) is 31.4 Å². The summed E-state index contributed by atoms with van der Waals surface area (Å²) < 4.78 is 34.2. The van der Waals surface area contributed by atoms with Crippen LogP contribution in [0.5, 0.6) is 5.75 Å². The van der Waals surface area contributed by atoms with E-state index in [4.69, 9.17) is 4.74 Å². The molecule has 0 radical (unpaired) electrons. The topological polar surface area (TPSA) is 82.2 Å². The van der Waals surface area contributed by atoms with Crippen LogP contribution in [0.4, 0.5) is 5.69 Å². The van der Waals surface area contributed by atoms with Crippen LogP contribution in [0.1, 0.15) is 32.6 Å². The van der Waals surface area contributed by atoms with Crippen LogP contribution < -0.4 is 10.1 Å². The number of benzene rings is 1. The van der Waals surface area contributed by atoms with Gasteiger partial charge < -0.3 is 10.1 Å². The Morgan fingerprint density at radius 1 is 0.931 bits per heavy atom. The second kappa shape index (κ2) is 9.88. The third-order valence-corrected chi connectivity index (χ3v) is 7.81. The van der Waals surface area contributed by atoms with Crippen molar-refractivity contribution in [1.29, 1.82) is 0 Å². The highest BCUT2D eigenvalue weighted by molar-refractivity contribution is 7.86. The number of anilines is 1. The van der Waals surface area contributed by atoms with Gasteiger partial charge in [0.2, 0.25) is 5.91 Å². The molecule has 162 valence electrons. The van der Waals surface area contributed by atoms with E-state index in [-0.39, 0.29) is 11.9 Å². The average Bonchev–Trinajstić information content (AvgIpc) is 3.04. The lowest BCUT2D eigenvalue weighted by molar-refractivity contribution is -0.121. The molecule has 2 aliphatic rings. The monoisotopic (exact) mass is 424 g/mol. The summed E-state index contributed by atoms with van der Waals surface area (Å²) in [4.78, 5) is 14.6. The Labute approximate surface area is 174 Å². The van der Waals surface area contributed by atoms with Crippen molar-refractivity contribution in [2.75, 3.05) is 51.7 Å². The van der Waals surface area contributed by atoms with Crippen LogP contribution in [-0.4, -0.2) is 80.3 Å². The number of hydrogen-bond acceptors (Lipinski definition) is 5. The first-order valence-electron chi connectivity index (χ1n) is 10.4. The first-order chi connectivity index (χ1) is 13.9. The summed E-state index contributed by atoms with van der Waals surface area (Å²) in [5.41, 5.74) is 0.713. The van der Waals surface area contributed by atoms with E-state index in [2.05, 4.69) is 5.32 Å². The van der Waals surface area contributed by atoms with Crippen molar-refractivity contribution in [3.05, 3.63) is 24.3 Å². The first kappa shape index (κ1) is 22.0. The summed E-state index contributed by atoms with van der Waals surface area (Å²) in [6, 6.07) is 6.87. The van der Waals surface area contributed by atoms with Crippen LogP contribution in [0.2, 0.25) is 0 Å². The lowest BCUT2D eigenvalue weighted by Gasteiger charge is -2.38. The molecule has 0 aromatic heterocycles. The van der Waals surface area contributed by atoms with E-state index in [1.54, 1.807) is 40.0 Å². The zero-order valence-electron chi connectivity index (χ0n) is 17.3. The number of rotatable bonds is 6. The predicted molar refractivity (Wildman–Crippen MR) is 113 cm³/mol. The van der Waals surface area contributed by atoms with Gasteiger partial charge in [0.1, 0.15) is 5.75 Å². The molecule has 0 spiro atoms. The van der Waals surface area contributed by atoms with Crippen LogP contribution in [0.3, 0.4) is 0 Å². The summed E-state index contributed by atoms with van der Waals surface area (Å²) in [7, 11) is -1.81. The normalized spacial score (nSPS) is 21.3. The minimum Gasteiger partial charge on any atom is -0.497 e. The molecule has 1 N–H and O–H groups in total. The van der Waals surface area contributed by atoms with Gasteiger partial charge in [-0.25, -0.2) is 0 Å². The van der Waals surface area contributed by atoms with Gasteiger partial charge >= 0.3 is 0 Å². The van der Waals surface area contributed by atoms with Crippen LogP contribution in [-0.2, 0) is 15.0 Å². The van der Waals surface area contributed by atoms with Crippen LogP contribution >= 0.6 is 0 Å². The number of nitrogens with zero attached hydrogens (tertiary/aromatic N) is 3. The van der Waals surface area contributed by atoms with Crippen molar-refractivity contribution in [3.63, 3.8) is 0 Å². The average molecular weight is 425 g/mol. The van der Waals surface area contributed by atoms with E-state index in [1.165, 1.54) is 0 Å². The summed E-state index contributed by atoms with van der Waals surface area (Å²) in [5.74, 6) is 0.636. The van der Waals surface area contributed by atoms with E-state index in [1.807, 2.05) is 11.8 Å². The van der Waals surface area contributed by atoms with Gasteiger partial charge in [0, 0.05) is 45.0 Å². The Kier molecular flexibility index (Phi) is 7.50. The largest absolute Gasteiger partial charge is 0.497 e. The lowest BCUT2D eigenvalue weighted by Crippen LogP contribution is -2.56. The van der Waals surface area contributed by atoms with Gasteiger partial charge in [-0.3, -0.25) is 9.69 Å². The molecular formula is C20H32N4O4S. The fraction of sp³-hybridized carbons (Fsp3) is 0.650. The van der Waals surface area contributed by atoms with Crippen LogP contribution in [0.25, 0.3) is 0 Å². The van der Waals surface area contributed by atoms with Crippen molar-refractivity contribution in [2.45, 2.75) is 38.6 Å². The molecule has 9 heteroatoms. The van der Waals surface area contributed by atoms with Crippen molar-refractivity contribution in [2.24, 2.45) is 0 Å². The fourth-order valence-corrected chi connectivity index (χ4v) is 5.52. The van der Waals surface area contributed by atoms with Crippen molar-refractivity contribution < 1.29 is 17.9 Å². The SMILES string of the molecule is COc1ccc(NC(=O)C(C)N2CCN(S(=O)(=O)N3CCCCCC3)CC2)cc1. The molecule has 0 saturated carbocycles. The number of amides is 1. The lowest BCUT2D eigenvalue weighted by atomic mass is 10.2. The van der Waals surface area contributed by atoms with E-state index < -0.39 is 10.2 Å². The zero-order chi connectivity index (χ0) is 20.9. The van der Waals surface area contributed by atoms with Gasteiger partial charge in [0.05, 0.1) is 13.2 Å². The molecule has 8 nitrogen and oxygen atoms in total. The van der Waals surface area contributed by atoms with Crippen molar-refractivity contribution in [1.82, 2.24) is 13.5 Å². The van der Waals surface area contributed by atoms with Crippen molar-refractivity contribution in [3.8, 4) is 5.75 Å². The van der Waals surface area contributed by atoms with Crippen molar-refractivity contribution >= 4 is 21.8 Å². The van der Waals surface area contributed by atoms with Gasteiger partial charge in [-0.05, 0) is 44.0 Å². The number of hydrogen-bond donors (Lipinski definition) is 1. The third-order valence-electron chi connectivity index (χ3n) is 5.78. The quantitative estimate of drug-likeness (QED) is 0.753. The number of piperazine rings is 1. The summed E-state index contributed by atoms with van der Waals surface area (Å²) >= 11 is 0. The standard InChI is InChI=1S/C20H32N4O4S/c1-17(20(25)21-18-7-9-19(28-2)10-8-18)22-13-15-24(16-14-22)29(26,27)23-11-5-3-4-6-12-23/h7-10,17H,3-6,11-16H2,1-2H3,(H,21,25). The van der Waals surface area contributed by atoms with Crippen LogP contribution in [0.15, 0.2) is 24.3 Å². The molecule has 3 rings (SSSR count). The number of carbonyl (C=O) groups excluding carboxylic acids is 1. The minimum absolute atomic E-state index is 0.0982. The molecule has 1 atom stereocenters. The minimum atomic E-state index is -3.41. The molecule has 1 unspecified atom stereocenters. The number of methoxy groups -OCH3 is 1. The molecule has 1 amide bonds. The Balaban J connectivity index is 1.52. The summed E-state index contributed by atoms with van der Waals surface area (Å²) in [6.45, 7) is 5.01. The summed E-state index contributed by atoms with van der Waals surface area (Å²) in [5, 5.41) is 2.91. The van der Waals surface area contributed by atoms with Gasteiger partial charge in [0.15, 0.2) is 0 Å². The second-order valence-electron chi connectivity index (χ2n) is 7.65. The Morgan fingerprint density at radius 3 is 2.03 bits per heavy atom. The predicted octanol–water partition coefficient (Wildman–Crippen LogP) is 1.76. The highest BCUT2D eigenvalue weighted by Crippen LogP contribution is 2.19. The highest BCUT2D eigenvalue weighted by atomic mass is 32.2. The molecule has 2 saturated heterocycles. The maximum Gasteiger partial charge on any atom is 0.282 e. The first-order valence-corrected chi connectivity index (χ1v) is 11.8. The fourth-order valence-electron chi connectivity index (χ4n) is 3.84. The highest BCUT2D eigenvalue weighted by Gasteiger charge is 2.34. The third kappa shape index (κ3) is 5.48. The Bertz CT molecular complexity index is 768. The Morgan fingerprint density at radius 2 is 1.48 bits per heavy atom. The van der Waals surface area contributed by atoms with Gasteiger partial charge in [0.25, 0.3) is 10.2 Å². The molecule has 2 aliphatic heterocycles. The van der Waals surface area contributed by atoms with Gasteiger partial charge in [-0.15, -0.1) is 0 Å². The van der Waals surface area contributed by atoms with E-state index in [0.29, 0.717) is 45.0 Å². The molecule has 1 aromatic carbocycles. The molecule has 2 fully saturated rings. The smallest absolute Gasteiger partial charge is 0.282 e. The molecule has 0 bridgehead atoms. The van der Waals surface area contributed by atoms with Gasteiger partial charge in [-0.2, -0.15) is 17.0 Å². The molecule has 2 heterocycles. The zero-order valence-corrected chi connectivity index (χ0v) is 18.2. The maximum absolute atomic E-state index is 12.9. The number of ether oxygens (including phenoxy) is 1. The van der Waals surface area contributed by atoms with E-state index in [9.17, 15) is 13.2 Å². The molecule has 0 aliphatic carbocycles. The molecular weight excluding hydrogens is 392 g/mol. The van der Waals surface area contributed by atoms with Gasteiger partial charge in [-0.1, -0.05) is 12.8 Å². The van der Waals surface area contributed by atoms with E-state index >= 15 is 0 Å². The van der Waals surface area contributed by atoms with Crippen LogP contribution in [0, 0.1) is 0 Å². The molecule has 29 heavy (non-hydrogen) atoms. The second-order valence-corrected chi connectivity index (χ2v) is 9.58. The Hall–Kier alpha value is -1.68.